The van der Waals surface area contributed by atoms with Crippen LogP contribution in [0.5, 0.6) is 5.75 Å². The lowest BCUT2D eigenvalue weighted by Gasteiger charge is -2.37. The van der Waals surface area contributed by atoms with Crippen molar-refractivity contribution >= 4 is 11.6 Å². The molecule has 0 heterocycles. The van der Waals surface area contributed by atoms with Crippen LogP contribution >= 0.6 is 0 Å². The van der Waals surface area contributed by atoms with Gasteiger partial charge in [0.2, 0.25) is 0 Å². The number of anilines is 1. The van der Waals surface area contributed by atoms with E-state index < -0.39 is 5.60 Å². The molecule has 1 amide bonds. The minimum atomic E-state index is -0.803. The van der Waals surface area contributed by atoms with E-state index in [9.17, 15) is 10.1 Å². The number of hydrogen-bond acceptors (Lipinski definition) is 4. The largest absolute Gasteiger partial charge is 0.494 e. The fraction of sp³-hybridized carbons (Fsp3) is 0.556. The Bertz CT molecular complexity index is 609. The standard InChI is InChI=1S/C18H24N2O3/c1-4-23-15-7-8-16(14(10-15)12-19)20-17(21)18(22-3)9-5-6-13(2)11-18/h7-8,10,13H,4-6,9,11H2,1-3H3,(H,20,21)/t13-,18+/m0/s1. The Morgan fingerprint density at radius 1 is 1.52 bits per heavy atom. The van der Waals surface area contributed by atoms with Gasteiger partial charge in [0.25, 0.3) is 5.91 Å². The van der Waals surface area contributed by atoms with E-state index >= 15 is 0 Å². The maximum atomic E-state index is 12.8. The molecule has 2 atom stereocenters. The molecule has 1 aliphatic rings. The molecule has 0 spiro atoms. The molecule has 23 heavy (non-hydrogen) atoms. The van der Waals surface area contributed by atoms with Crippen LogP contribution in [0.3, 0.4) is 0 Å². The Morgan fingerprint density at radius 2 is 2.30 bits per heavy atom. The molecule has 1 aromatic carbocycles. The zero-order valence-electron chi connectivity index (χ0n) is 14.0. The number of ether oxygens (including phenoxy) is 2. The summed E-state index contributed by atoms with van der Waals surface area (Å²) < 4.78 is 11.0. The van der Waals surface area contributed by atoms with Crippen molar-refractivity contribution in [3.8, 4) is 11.8 Å². The quantitative estimate of drug-likeness (QED) is 0.902. The minimum Gasteiger partial charge on any atom is -0.494 e. The van der Waals surface area contributed by atoms with Crippen LogP contribution in [-0.4, -0.2) is 25.2 Å². The van der Waals surface area contributed by atoms with Crippen molar-refractivity contribution in [2.24, 2.45) is 5.92 Å². The van der Waals surface area contributed by atoms with Gasteiger partial charge in [-0.15, -0.1) is 0 Å². The van der Waals surface area contributed by atoms with Crippen molar-refractivity contribution in [1.29, 1.82) is 5.26 Å². The van der Waals surface area contributed by atoms with E-state index in [1.807, 2.05) is 6.92 Å². The van der Waals surface area contributed by atoms with E-state index in [-0.39, 0.29) is 5.91 Å². The van der Waals surface area contributed by atoms with Crippen molar-refractivity contribution in [3.05, 3.63) is 23.8 Å². The lowest BCUT2D eigenvalue weighted by molar-refractivity contribution is -0.143. The molecule has 0 bridgehead atoms. The molecule has 2 rings (SSSR count). The molecular formula is C18H24N2O3. The highest BCUT2D eigenvalue weighted by atomic mass is 16.5. The maximum Gasteiger partial charge on any atom is 0.256 e. The summed E-state index contributed by atoms with van der Waals surface area (Å²) in [5.74, 6) is 0.896. The Morgan fingerprint density at radius 3 is 2.91 bits per heavy atom. The Labute approximate surface area is 137 Å². The van der Waals surface area contributed by atoms with Crippen LogP contribution in [-0.2, 0) is 9.53 Å². The predicted octanol–water partition coefficient (Wildman–Crippen LogP) is 3.49. The second-order valence-electron chi connectivity index (χ2n) is 6.11. The maximum absolute atomic E-state index is 12.8. The Balaban J connectivity index is 2.20. The van der Waals surface area contributed by atoms with Gasteiger partial charge in [0, 0.05) is 7.11 Å². The first-order chi connectivity index (χ1) is 11.0. The summed E-state index contributed by atoms with van der Waals surface area (Å²) in [6, 6.07) is 7.21. The van der Waals surface area contributed by atoms with Crippen molar-refractivity contribution in [3.63, 3.8) is 0 Å². The molecule has 0 radical (unpaired) electrons. The highest BCUT2D eigenvalue weighted by molar-refractivity contribution is 5.98. The second kappa shape index (κ2) is 7.47. The molecule has 1 fully saturated rings. The lowest BCUT2D eigenvalue weighted by Crippen LogP contribution is -2.48. The van der Waals surface area contributed by atoms with Gasteiger partial charge in [0.05, 0.1) is 17.9 Å². The summed E-state index contributed by atoms with van der Waals surface area (Å²) in [5, 5.41) is 12.2. The first kappa shape index (κ1) is 17.3. The third-order valence-corrected chi connectivity index (χ3v) is 4.43. The van der Waals surface area contributed by atoms with Crippen LogP contribution in [0.25, 0.3) is 0 Å². The van der Waals surface area contributed by atoms with Gasteiger partial charge in [-0.3, -0.25) is 4.79 Å². The zero-order chi connectivity index (χ0) is 16.9. The van der Waals surface area contributed by atoms with Gasteiger partial charge < -0.3 is 14.8 Å². The van der Waals surface area contributed by atoms with E-state index in [1.54, 1.807) is 25.3 Å². The SMILES string of the molecule is CCOc1ccc(NC(=O)[C@@]2(OC)CCC[C@H](C)C2)c(C#N)c1. The van der Waals surface area contributed by atoms with Crippen LogP contribution in [0.2, 0.25) is 0 Å². The summed E-state index contributed by atoms with van der Waals surface area (Å²) in [7, 11) is 1.58. The van der Waals surface area contributed by atoms with Crippen LogP contribution in [0.15, 0.2) is 18.2 Å². The van der Waals surface area contributed by atoms with Crippen LogP contribution in [0, 0.1) is 17.2 Å². The van der Waals surface area contributed by atoms with Gasteiger partial charge >= 0.3 is 0 Å². The number of benzene rings is 1. The molecule has 5 nitrogen and oxygen atoms in total. The number of nitriles is 1. The Hall–Kier alpha value is -2.06. The fourth-order valence-corrected chi connectivity index (χ4v) is 3.20. The van der Waals surface area contributed by atoms with Crippen molar-refractivity contribution in [1.82, 2.24) is 0 Å². The van der Waals surface area contributed by atoms with Gasteiger partial charge in [0.1, 0.15) is 17.4 Å². The summed E-state index contributed by atoms with van der Waals surface area (Å²) in [5.41, 5.74) is 0.0817. The lowest BCUT2D eigenvalue weighted by atomic mass is 9.78. The number of methoxy groups -OCH3 is 1. The van der Waals surface area contributed by atoms with Gasteiger partial charge in [-0.05, 0) is 50.3 Å². The number of nitrogens with zero attached hydrogens (tertiary/aromatic N) is 1. The highest BCUT2D eigenvalue weighted by Crippen LogP contribution is 2.36. The zero-order valence-corrected chi connectivity index (χ0v) is 14.0. The molecule has 0 aliphatic heterocycles. The third-order valence-electron chi connectivity index (χ3n) is 4.43. The third kappa shape index (κ3) is 3.83. The summed E-state index contributed by atoms with van der Waals surface area (Å²) in [6.45, 7) is 4.55. The molecule has 0 saturated heterocycles. The van der Waals surface area contributed by atoms with Crippen molar-refractivity contribution in [2.45, 2.75) is 45.1 Å². The first-order valence-electron chi connectivity index (χ1n) is 8.08. The molecule has 1 aliphatic carbocycles. The fourth-order valence-electron chi connectivity index (χ4n) is 3.20. The van der Waals surface area contributed by atoms with Gasteiger partial charge in [-0.1, -0.05) is 13.3 Å². The van der Waals surface area contributed by atoms with E-state index in [4.69, 9.17) is 9.47 Å². The summed E-state index contributed by atoms with van der Waals surface area (Å²) >= 11 is 0. The number of amides is 1. The average Bonchev–Trinajstić information content (AvgIpc) is 2.56. The monoisotopic (exact) mass is 316 g/mol. The highest BCUT2D eigenvalue weighted by Gasteiger charge is 2.42. The molecular weight excluding hydrogens is 292 g/mol. The second-order valence-corrected chi connectivity index (χ2v) is 6.11. The van der Waals surface area contributed by atoms with Crippen LogP contribution in [0.1, 0.15) is 45.1 Å². The first-order valence-corrected chi connectivity index (χ1v) is 8.08. The number of rotatable bonds is 5. The van der Waals surface area contributed by atoms with Crippen LogP contribution < -0.4 is 10.1 Å². The predicted molar refractivity (Wildman–Crippen MR) is 88.3 cm³/mol. The van der Waals surface area contributed by atoms with Gasteiger partial charge in [-0.25, -0.2) is 0 Å². The minimum absolute atomic E-state index is 0.174. The van der Waals surface area contributed by atoms with E-state index in [0.717, 1.165) is 12.8 Å². The number of nitrogens with one attached hydrogen (secondary N) is 1. The van der Waals surface area contributed by atoms with Crippen LogP contribution in [0.4, 0.5) is 5.69 Å². The van der Waals surface area contributed by atoms with Crippen molar-refractivity contribution in [2.75, 3.05) is 19.0 Å². The molecule has 124 valence electrons. The molecule has 0 aromatic heterocycles. The molecule has 1 saturated carbocycles. The molecule has 0 unspecified atom stereocenters. The number of carbonyl (C=O) groups excluding carboxylic acids is 1. The Kier molecular flexibility index (Phi) is 5.62. The summed E-state index contributed by atoms with van der Waals surface area (Å²) in [6.07, 6.45) is 3.49. The van der Waals surface area contributed by atoms with E-state index in [1.165, 1.54) is 0 Å². The topological polar surface area (TPSA) is 71.3 Å². The van der Waals surface area contributed by atoms with Gasteiger partial charge in [-0.2, -0.15) is 5.26 Å². The average molecular weight is 316 g/mol. The normalized spacial score (nSPS) is 23.8. The smallest absolute Gasteiger partial charge is 0.256 e. The number of carbonyl (C=O) groups is 1. The molecule has 5 heteroatoms. The summed E-state index contributed by atoms with van der Waals surface area (Å²) in [4.78, 5) is 12.8. The van der Waals surface area contributed by atoms with E-state index in [0.29, 0.717) is 42.4 Å². The molecule has 1 N–H and O–H groups in total. The van der Waals surface area contributed by atoms with Gasteiger partial charge in [0.15, 0.2) is 0 Å². The molecule has 1 aromatic rings. The van der Waals surface area contributed by atoms with Crippen molar-refractivity contribution < 1.29 is 14.3 Å². The van der Waals surface area contributed by atoms with E-state index in [2.05, 4.69) is 18.3 Å². The number of hydrogen-bond donors (Lipinski definition) is 1.